The van der Waals surface area contributed by atoms with Crippen molar-refractivity contribution in [2.45, 2.75) is 26.9 Å². The molecule has 2 unspecified atom stereocenters. The highest BCUT2D eigenvalue weighted by Gasteiger charge is 2.44. The molecule has 0 fully saturated rings. The minimum atomic E-state index is -1.03. The average molecular weight is 405 g/mol. The number of hydrogen-bond donors (Lipinski definition) is 0. The zero-order valence-corrected chi connectivity index (χ0v) is 13.3. The topological polar surface area (TPSA) is 52.6 Å². The molecule has 0 rings (SSSR count). The van der Waals surface area contributed by atoms with E-state index in [2.05, 4.69) is 15.9 Å². The van der Waals surface area contributed by atoms with Gasteiger partial charge in [-0.15, -0.1) is 0 Å². The molecule has 92 valence electrons. The molecule has 2 atom stereocenters. The van der Waals surface area contributed by atoms with Gasteiger partial charge in [-0.3, -0.25) is 9.59 Å². The van der Waals surface area contributed by atoms with Crippen molar-refractivity contribution in [1.82, 2.24) is 0 Å². The summed E-state index contributed by atoms with van der Waals surface area (Å²) < 4.78 is 12.1. The Morgan fingerprint density at radius 3 is 2.31 bits per heavy atom. The summed E-state index contributed by atoms with van der Waals surface area (Å²) in [5.74, 6) is -0.891. The molecule has 0 aliphatic heterocycles. The van der Waals surface area contributed by atoms with Crippen LogP contribution in [-0.2, 0) is 19.1 Å². The van der Waals surface area contributed by atoms with Crippen molar-refractivity contribution in [3.8, 4) is 0 Å². The lowest BCUT2D eigenvalue weighted by Gasteiger charge is -2.31. The monoisotopic (exact) mass is 404 g/mol. The maximum Gasteiger partial charge on any atom is 0.320 e. The smallest absolute Gasteiger partial charge is 0.320 e. The molecule has 0 aromatic carbocycles. The SMILES string of the molecule is COC(=O)C(C)(/C(Br)=C/I)C(C)OC(C)=O. The Morgan fingerprint density at radius 1 is 1.50 bits per heavy atom. The van der Waals surface area contributed by atoms with Crippen molar-refractivity contribution in [3.05, 3.63) is 8.57 Å². The van der Waals surface area contributed by atoms with Gasteiger partial charge in [-0.25, -0.2) is 0 Å². The molecular formula is C10H14BrIO4. The van der Waals surface area contributed by atoms with Crippen molar-refractivity contribution in [2.75, 3.05) is 7.11 Å². The summed E-state index contributed by atoms with van der Waals surface area (Å²) in [4.78, 5) is 22.7. The van der Waals surface area contributed by atoms with Gasteiger partial charge in [0.2, 0.25) is 0 Å². The van der Waals surface area contributed by atoms with Crippen LogP contribution in [-0.4, -0.2) is 25.2 Å². The van der Waals surface area contributed by atoms with Gasteiger partial charge in [0.05, 0.1) is 7.11 Å². The van der Waals surface area contributed by atoms with Gasteiger partial charge in [0.1, 0.15) is 11.5 Å². The molecule has 4 nitrogen and oxygen atoms in total. The minimum absolute atomic E-state index is 0.434. The van der Waals surface area contributed by atoms with E-state index in [1.807, 2.05) is 22.6 Å². The lowest BCUT2D eigenvalue weighted by molar-refractivity contribution is -0.163. The van der Waals surface area contributed by atoms with Gasteiger partial charge >= 0.3 is 11.9 Å². The second-order valence-corrected chi connectivity index (χ2v) is 4.88. The van der Waals surface area contributed by atoms with Crippen LogP contribution >= 0.6 is 38.5 Å². The van der Waals surface area contributed by atoms with Crippen LogP contribution in [0.1, 0.15) is 20.8 Å². The predicted octanol–water partition coefficient (Wildman–Crippen LogP) is 2.79. The summed E-state index contributed by atoms with van der Waals surface area (Å²) in [6, 6.07) is 0. The van der Waals surface area contributed by atoms with E-state index in [4.69, 9.17) is 9.47 Å². The minimum Gasteiger partial charge on any atom is -0.468 e. The maximum atomic E-state index is 11.8. The zero-order chi connectivity index (χ0) is 12.9. The lowest BCUT2D eigenvalue weighted by Crippen LogP contribution is -2.41. The molecular weight excluding hydrogens is 391 g/mol. The third kappa shape index (κ3) is 3.44. The molecule has 0 aliphatic carbocycles. The van der Waals surface area contributed by atoms with Crippen LogP contribution in [0.4, 0.5) is 0 Å². The largest absolute Gasteiger partial charge is 0.468 e. The second kappa shape index (κ2) is 6.58. The van der Waals surface area contributed by atoms with Crippen LogP contribution in [0.15, 0.2) is 8.57 Å². The Bertz CT molecular complexity index is 316. The fourth-order valence-electron chi connectivity index (χ4n) is 1.15. The van der Waals surface area contributed by atoms with Gasteiger partial charge in [-0.1, -0.05) is 38.5 Å². The Kier molecular flexibility index (Phi) is 6.54. The van der Waals surface area contributed by atoms with E-state index in [1.165, 1.54) is 14.0 Å². The van der Waals surface area contributed by atoms with Crippen molar-refractivity contribution >= 4 is 50.5 Å². The van der Waals surface area contributed by atoms with E-state index in [0.717, 1.165) is 0 Å². The molecule has 0 aromatic heterocycles. The highest BCUT2D eigenvalue weighted by molar-refractivity contribution is 14.1. The van der Waals surface area contributed by atoms with Crippen molar-refractivity contribution in [1.29, 1.82) is 0 Å². The molecule has 0 aliphatic rings. The Labute approximate surface area is 117 Å². The highest BCUT2D eigenvalue weighted by atomic mass is 127. The summed E-state index contributed by atoms with van der Waals surface area (Å²) >= 11 is 5.29. The first-order valence-electron chi connectivity index (χ1n) is 4.52. The van der Waals surface area contributed by atoms with Crippen LogP contribution in [0.25, 0.3) is 0 Å². The van der Waals surface area contributed by atoms with Crippen LogP contribution in [0.5, 0.6) is 0 Å². The molecule has 16 heavy (non-hydrogen) atoms. The van der Waals surface area contributed by atoms with Crippen molar-refractivity contribution < 1.29 is 19.1 Å². The molecule has 0 spiro atoms. The third-order valence-corrected chi connectivity index (χ3v) is 4.89. The van der Waals surface area contributed by atoms with Gasteiger partial charge in [0.25, 0.3) is 0 Å². The van der Waals surface area contributed by atoms with Crippen molar-refractivity contribution in [3.63, 3.8) is 0 Å². The van der Waals surface area contributed by atoms with E-state index in [9.17, 15) is 9.59 Å². The summed E-state index contributed by atoms with van der Waals surface area (Å²) in [6.45, 7) is 4.61. The summed E-state index contributed by atoms with van der Waals surface area (Å²) in [5.41, 5.74) is -1.03. The van der Waals surface area contributed by atoms with Gasteiger partial charge in [0, 0.05) is 11.4 Å². The molecule has 0 amide bonds. The van der Waals surface area contributed by atoms with Crippen LogP contribution < -0.4 is 0 Å². The normalized spacial score (nSPS) is 17.2. The Hall–Kier alpha value is -0.110. The third-order valence-electron chi connectivity index (χ3n) is 2.36. The second-order valence-electron chi connectivity index (χ2n) is 3.40. The van der Waals surface area contributed by atoms with Crippen LogP contribution in [0, 0.1) is 5.41 Å². The standard InChI is InChI=1S/C10H14BrIO4/c1-6(16-7(2)13)10(3,8(11)5-12)9(14)15-4/h5-6H,1-4H3/b8-5-. The van der Waals surface area contributed by atoms with Crippen LogP contribution in [0.2, 0.25) is 0 Å². The number of rotatable bonds is 4. The number of hydrogen-bond acceptors (Lipinski definition) is 4. The number of carbonyl (C=O) groups excluding carboxylic acids is 2. The lowest BCUT2D eigenvalue weighted by atomic mass is 9.85. The van der Waals surface area contributed by atoms with Crippen LogP contribution in [0.3, 0.4) is 0 Å². The first kappa shape index (κ1) is 15.9. The molecule has 0 heterocycles. The van der Waals surface area contributed by atoms with Gasteiger partial charge in [-0.2, -0.15) is 0 Å². The van der Waals surface area contributed by atoms with E-state index < -0.39 is 23.5 Å². The van der Waals surface area contributed by atoms with E-state index in [1.54, 1.807) is 17.9 Å². The molecule has 0 radical (unpaired) electrons. The summed E-state index contributed by atoms with van der Waals surface area (Å²) in [7, 11) is 1.30. The van der Waals surface area contributed by atoms with Gasteiger partial charge in [-0.05, 0) is 17.9 Å². The van der Waals surface area contributed by atoms with E-state index in [0.29, 0.717) is 4.48 Å². The Balaban J connectivity index is 5.23. The maximum absolute atomic E-state index is 11.8. The molecule has 0 N–H and O–H groups in total. The first-order chi connectivity index (χ1) is 7.30. The molecule has 0 saturated carbocycles. The molecule has 0 saturated heterocycles. The molecule has 0 bridgehead atoms. The molecule has 6 heteroatoms. The predicted molar refractivity (Wildman–Crippen MR) is 72.4 cm³/mol. The average Bonchev–Trinajstić information content (AvgIpc) is 2.24. The zero-order valence-electron chi connectivity index (χ0n) is 9.54. The van der Waals surface area contributed by atoms with E-state index in [-0.39, 0.29) is 0 Å². The van der Waals surface area contributed by atoms with Gasteiger partial charge < -0.3 is 9.47 Å². The first-order valence-corrected chi connectivity index (χ1v) is 6.56. The number of halogens is 2. The quantitative estimate of drug-likeness (QED) is 0.534. The number of carbonyl (C=O) groups is 2. The number of esters is 2. The van der Waals surface area contributed by atoms with E-state index >= 15 is 0 Å². The number of ether oxygens (including phenoxy) is 2. The van der Waals surface area contributed by atoms with Gasteiger partial charge in [0.15, 0.2) is 0 Å². The fourth-order valence-corrected chi connectivity index (χ4v) is 2.28. The Morgan fingerprint density at radius 2 is 2.00 bits per heavy atom. The van der Waals surface area contributed by atoms with Crippen molar-refractivity contribution in [2.24, 2.45) is 5.41 Å². The summed E-state index contributed by atoms with van der Waals surface area (Å²) in [6.07, 6.45) is -0.613. The highest BCUT2D eigenvalue weighted by Crippen LogP contribution is 2.38. The fraction of sp³-hybridized carbons (Fsp3) is 0.600. The number of methoxy groups -OCH3 is 1. The summed E-state index contributed by atoms with van der Waals surface area (Å²) in [5, 5.41) is 0. The molecule has 0 aromatic rings.